The molecule has 0 aromatic heterocycles. The van der Waals surface area contributed by atoms with Crippen molar-refractivity contribution in [3.63, 3.8) is 0 Å². The van der Waals surface area contributed by atoms with Crippen molar-refractivity contribution in [3.05, 3.63) is 23.8 Å². The standard InChI is InChI=1S/C10H8N2O4/c11-5-4-8(13)12-7-3-1-2-6(9(7)14)10(15)16/h1-3,14H,4H2,(H,12,13)(H,15,16). The van der Waals surface area contributed by atoms with Crippen molar-refractivity contribution in [2.45, 2.75) is 6.42 Å². The molecule has 1 aromatic rings. The highest BCUT2D eigenvalue weighted by Gasteiger charge is 2.14. The highest BCUT2D eigenvalue weighted by atomic mass is 16.4. The predicted octanol–water partition coefficient (Wildman–Crippen LogP) is 0.943. The Labute approximate surface area is 90.7 Å². The van der Waals surface area contributed by atoms with Crippen LogP contribution in [0.2, 0.25) is 0 Å². The fourth-order valence-corrected chi connectivity index (χ4v) is 1.08. The van der Waals surface area contributed by atoms with E-state index in [1.54, 1.807) is 6.07 Å². The van der Waals surface area contributed by atoms with Crippen LogP contribution in [0.25, 0.3) is 0 Å². The summed E-state index contributed by atoms with van der Waals surface area (Å²) in [4.78, 5) is 21.7. The number of amides is 1. The summed E-state index contributed by atoms with van der Waals surface area (Å²) in [5.41, 5.74) is -0.338. The molecule has 0 aliphatic carbocycles. The van der Waals surface area contributed by atoms with Crippen LogP contribution < -0.4 is 5.32 Å². The summed E-state index contributed by atoms with van der Waals surface area (Å²) in [6.45, 7) is 0. The van der Waals surface area contributed by atoms with E-state index in [9.17, 15) is 14.7 Å². The van der Waals surface area contributed by atoms with Gasteiger partial charge < -0.3 is 15.5 Å². The van der Waals surface area contributed by atoms with Crippen molar-refractivity contribution in [3.8, 4) is 11.8 Å². The molecule has 1 rings (SSSR count). The Bertz CT molecular complexity index is 476. The van der Waals surface area contributed by atoms with Crippen LogP contribution in [0, 0.1) is 11.3 Å². The van der Waals surface area contributed by atoms with Gasteiger partial charge in [0, 0.05) is 0 Å². The summed E-state index contributed by atoms with van der Waals surface area (Å²) in [6, 6.07) is 5.56. The Kier molecular flexibility index (Phi) is 3.45. The van der Waals surface area contributed by atoms with E-state index in [-0.39, 0.29) is 17.7 Å². The number of hydrogen-bond donors (Lipinski definition) is 3. The fourth-order valence-electron chi connectivity index (χ4n) is 1.08. The van der Waals surface area contributed by atoms with E-state index in [1.165, 1.54) is 18.2 Å². The van der Waals surface area contributed by atoms with Crippen molar-refractivity contribution in [1.29, 1.82) is 5.26 Å². The second-order valence-electron chi connectivity index (χ2n) is 2.89. The number of aromatic carboxylic acids is 1. The van der Waals surface area contributed by atoms with Gasteiger partial charge in [-0.3, -0.25) is 4.79 Å². The summed E-state index contributed by atoms with van der Waals surface area (Å²) in [5.74, 6) is -2.43. The van der Waals surface area contributed by atoms with Crippen LogP contribution in [0.4, 0.5) is 5.69 Å². The molecule has 0 unspecified atom stereocenters. The molecule has 3 N–H and O–H groups in total. The minimum absolute atomic E-state index is 0.0276. The Balaban J connectivity index is 2.98. The third-order valence-electron chi connectivity index (χ3n) is 1.78. The topological polar surface area (TPSA) is 110 Å². The molecule has 6 nitrogen and oxygen atoms in total. The minimum Gasteiger partial charge on any atom is -0.505 e. The van der Waals surface area contributed by atoms with Crippen LogP contribution in [0.5, 0.6) is 5.75 Å². The molecule has 0 heterocycles. The molecular weight excluding hydrogens is 212 g/mol. The van der Waals surface area contributed by atoms with Crippen molar-refractivity contribution in [2.75, 3.05) is 5.32 Å². The number of rotatable bonds is 3. The molecule has 0 aliphatic heterocycles. The van der Waals surface area contributed by atoms with Crippen molar-refractivity contribution in [1.82, 2.24) is 0 Å². The predicted molar refractivity (Wildman–Crippen MR) is 53.9 cm³/mol. The number of carbonyl (C=O) groups is 2. The molecule has 16 heavy (non-hydrogen) atoms. The molecule has 82 valence electrons. The lowest BCUT2D eigenvalue weighted by atomic mass is 10.1. The lowest BCUT2D eigenvalue weighted by Crippen LogP contribution is -2.11. The minimum atomic E-state index is -1.30. The van der Waals surface area contributed by atoms with Gasteiger partial charge in [0.1, 0.15) is 12.0 Å². The van der Waals surface area contributed by atoms with Gasteiger partial charge in [0.15, 0.2) is 5.75 Å². The quantitative estimate of drug-likeness (QED) is 0.656. The van der Waals surface area contributed by atoms with Crippen LogP contribution in [-0.4, -0.2) is 22.1 Å². The van der Waals surface area contributed by atoms with E-state index < -0.39 is 17.6 Å². The number of nitrogens with one attached hydrogen (secondary N) is 1. The molecular formula is C10H8N2O4. The highest BCUT2D eigenvalue weighted by Crippen LogP contribution is 2.27. The molecule has 1 aromatic carbocycles. The van der Waals surface area contributed by atoms with Crippen molar-refractivity contribution < 1.29 is 19.8 Å². The number of carbonyl (C=O) groups excluding carboxylic acids is 1. The maximum atomic E-state index is 11.1. The fraction of sp³-hybridized carbons (Fsp3) is 0.100. The number of anilines is 1. The number of aromatic hydroxyl groups is 1. The third kappa shape index (κ3) is 2.48. The first-order valence-corrected chi connectivity index (χ1v) is 4.28. The maximum Gasteiger partial charge on any atom is 0.339 e. The molecule has 1 amide bonds. The number of carboxylic acids is 1. The molecule has 0 radical (unpaired) electrons. The largest absolute Gasteiger partial charge is 0.505 e. The van der Waals surface area contributed by atoms with Gasteiger partial charge in [0.25, 0.3) is 0 Å². The average molecular weight is 220 g/mol. The molecule has 0 bridgehead atoms. The van der Waals surface area contributed by atoms with Crippen LogP contribution >= 0.6 is 0 Å². The third-order valence-corrected chi connectivity index (χ3v) is 1.78. The lowest BCUT2D eigenvalue weighted by Gasteiger charge is -2.07. The highest BCUT2D eigenvalue weighted by molar-refractivity contribution is 5.98. The number of carboxylic acid groups (broad SMARTS) is 1. The Hall–Kier alpha value is -2.55. The molecule has 0 saturated carbocycles. The molecule has 0 spiro atoms. The average Bonchev–Trinajstić information content (AvgIpc) is 2.21. The van der Waals surface area contributed by atoms with Gasteiger partial charge in [-0.15, -0.1) is 0 Å². The summed E-state index contributed by atoms with van der Waals surface area (Å²) in [7, 11) is 0. The maximum absolute atomic E-state index is 11.1. The van der Waals surface area contributed by atoms with Gasteiger partial charge >= 0.3 is 5.97 Å². The first-order chi connectivity index (χ1) is 7.56. The van der Waals surface area contributed by atoms with E-state index in [0.29, 0.717) is 0 Å². The van der Waals surface area contributed by atoms with Gasteiger partial charge in [0.05, 0.1) is 11.8 Å². The first kappa shape index (κ1) is 11.5. The van der Waals surface area contributed by atoms with Crippen LogP contribution in [-0.2, 0) is 4.79 Å². The molecule has 0 aliphatic rings. The summed E-state index contributed by atoms with van der Waals surface area (Å²) in [5, 5.41) is 28.7. The Morgan fingerprint density at radius 1 is 1.44 bits per heavy atom. The van der Waals surface area contributed by atoms with Gasteiger partial charge in [-0.1, -0.05) is 6.07 Å². The van der Waals surface area contributed by atoms with Crippen molar-refractivity contribution >= 4 is 17.6 Å². The zero-order valence-electron chi connectivity index (χ0n) is 8.10. The van der Waals surface area contributed by atoms with Crippen LogP contribution in [0.3, 0.4) is 0 Å². The summed E-state index contributed by atoms with van der Waals surface area (Å²) >= 11 is 0. The second kappa shape index (κ2) is 4.79. The van der Waals surface area contributed by atoms with Gasteiger partial charge in [-0.25, -0.2) is 4.79 Å². The zero-order chi connectivity index (χ0) is 12.1. The lowest BCUT2D eigenvalue weighted by molar-refractivity contribution is -0.115. The normalized spacial score (nSPS) is 9.19. The van der Waals surface area contributed by atoms with Crippen LogP contribution in [0.1, 0.15) is 16.8 Å². The number of nitrogens with zero attached hydrogens (tertiary/aromatic N) is 1. The SMILES string of the molecule is N#CCC(=O)Nc1cccc(C(=O)O)c1O. The summed E-state index contributed by atoms with van der Waals surface area (Å²) in [6.07, 6.45) is -0.364. The Morgan fingerprint density at radius 2 is 2.12 bits per heavy atom. The van der Waals surface area contributed by atoms with Crippen LogP contribution in [0.15, 0.2) is 18.2 Å². The number of hydrogen-bond acceptors (Lipinski definition) is 4. The van der Waals surface area contributed by atoms with E-state index in [0.717, 1.165) is 0 Å². The molecule has 6 heteroatoms. The smallest absolute Gasteiger partial charge is 0.339 e. The molecule has 0 saturated heterocycles. The van der Waals surface area contributed by atoms with E-state index in [2.05, 4.69) is 5.32 Å². The number of phenols is 1. The second-order valence-corrected chi connectivity index (χ2v) is 2.89. The van der Waals surface area contributed by atoms with Crippen molar-refractivity contribution in [2.24, 2.45) is 0 Å². The number of para-hydroxylation sites is 1. The van der Waals surface area contributed by atoms with Gasteiger partial charge in [0.2, 0.25) is 5.91 Å². The zero-order valence-corrected chi connectivity index (χ0v) is 8.10. The van der Waals surface area contributed by atoms with Gasteiger partial charge in [-0.05, 0) is 12.1 Å². The molecule has 0 atom stereocenters. The molecule has 0 fully saturated rings. The monoisotopic (exact) mass is 220 g/mol. The summed E-state index contributed by atoms with van der Waals surface area (Å²) < 4.78 is 0. The number of benzene rings is 1. The van der Waals surface area contributed by atoms with E-state index >= 15 is 0 Å². The first-order valence-electron chi connectivity index (χ1n) is 4.28. The Morgan fingerprint density at radius 3 is 2.69 bits per heavy atom. The number of nitriles is 1. The van der Waals surface area contributed by atoms with Gasteiger partial charge in [-0.2, -0.15) is 5.26 Å². The van der Waals surface area contributed by atoms with E-state index in [4.69, 9.17) is 10.4 Å². The van der Waals surface area contributed by atoms with E-state index in [1.807, 2.05) is 0 Å².